The molecule has 7 nitrogen and oxygen atoms in total. The van der Waals surface area contributed by atoms with Crippen molar-refractivity contribution < 1.29 is 26.3 Å². The molecule has 0 aliphatic heterocycles. The minimum absolute atomic E-state index is 0.106. The molecule has 0 saturated heterocycles. The number of hydrogen-bond donors (Lipinski definition) is 2. The maximum atomic E-state index is 12.5. The second-order valence-corrected chi connectivity index (χ2v) is 11.8. The smallest absolute Gasteiger partial charge is 0.406 e. The van der Waals surface area contributed by atoms with Gasteiger partial charge in [0, 0.05) is 11.7 Å². The number of rotatable bonds is 6. The highest BCUT2D eigenvalue weighted by atomic mass is 32.2. The summed E-state index contributed by atoms with van der Waals surface area (Å²) in [6, 6.07) is 10.4. The van der Waals surface area contributed by atoms with Gasteiger partial charge in [0.25, 0.3) is 0 Å². The third-order valence-corrected chi connectivity index (χ3v) is 7.72. The Labute approximate surface area is 202 Å². The van der Waals surface area contributed by atoms with Gasteiger partial charge < -0.3 is 14.6 Å². The molecule has 1 heterocycles. The Bertz CT molecular complexity index is 1320. The lowest BCUT2D eigenvalue weighted by atomic mass is 9.70. The van der Waals surface area contributed by atoms with Crippen molar-refractivity contribution in [1.29, 1.82) is 0 Å². The molecule has 190 valence electrons. The van der Waals surface area contributed by atoms with Crippen LogP contribution in [-0.4, -0.2) is 31.4 Å². The first kappa shape index (κ1) is 25.3. The largest absolute Gasteiger partial charge is 0.573 e. The maximum absolute atomic E-state index is 12.5. The van der Waals surface area contributed by atoms with Gasteiger partial charge >= 0.3 is 6.36 Å². The molecular formula is C24H29F3N4O3S. The lowest BCUT2D eigenvalue weighted by Gasteiger charge is -2.40. The Morgan fingerprint density at radius 3 is 2.40 bits per heavy atom. The van der Waals surface area contributed by atoms with Gasteiger partial charge in [0.2, 0.25) is 16.0 Å². The van der Waals surface area contributed by atoms with Crippen LogP contribution in [0.25, 0.3) is 11.0 Å². The maximum Gasteiger partial charge on any atom is 0.573 e. The quantitative estimate of drug-likeness (QED) is 0.427. The Morgan fingerprint density at radius 2 is 1.80 bits per heavy atom. The monoisotopic (exact) mass is 510 g/mol. The van der Waals surface area contributed by atoms with Crippen molar-refractivity contribution in [3.63, 3.8) is 0 Å². The summed E-state index contributed by atoms with van der Waals surface area (Å²) in [7, 11) is -2.30. The number of ether oxygens (including phenoxy) is 1. The molecule has 1 aliphatic carbocycles. The number of halogens is 3. The van der Waals surface area contributed by atoms with Crippen LogP contribution in [0.15, 0.2) is 47.4 Å². The fourth-order valence-electron chi connectivity index (χ4n) is 5.18. The van der Waals surface area contributed by atoms with Crippen LogP contribution in [0.4, 0.5) is 24.8 Å². The molecule has 2 N–H and O–H groups in total. The molecule has 1 saturated carbocycles. The van der Waals surface area contributed by atoms with Gasteiger partial charge in [0.15, 0.2) is 0 Å². The van der Waals surface area contributed by atoms with E-state index in [1.54, 1.807) is 12.1 Å². The van der Waals surface area contributed by atoms with E-state index in [-0.39, 0.29) is 22.1 Å². The highest BCUT2D eigenvalue weighted by molar-refractivity contribution is 7.89. The van der Waals surface area contributed by atoms with Crippen LogP contribution in [0.5, 0.6) is 5.75 Å². The van der Waals surface area contributed by atoms with Gasteiger partial charge in [-0.2, -0.15) is 0 Å². The molecule has 11 heteroatoms. The predicted octanol–water partition coefficient (Wildman–Crippen LogP) is 5.97. The lowest BCUT2D eigenvalue weighted by molar-refractivity contribution is -0.274. The number of nitrogens with one attached hydrogen (secondary N) is 2. The molecule has 0 radical (unpaired) electrons. The Kier molecular flexibility index (Phi) is 6.52. The van der Waals surface area contributed by atoms with E-state index in [9.17, 15) is 21.6 Å². The standard InChI is InChI=1S/C24H29F3N4O3S/c1-15-11-17(14-23(2,3)13-15)31-21-10-9-19(35(32,33)28-4)12-20(21)30-22(31)29-16-5-7-18(8-6-16)34-24(25,26)27/h5-10,12,15,17,28H,11,13-14H2,1-4H3,(H,29,30)/t15-,17+/m0/s1. The van der Waals surface area contributed by atoms with Gasteiger partial charge in [-0.25, -0.2) is 18.1 Å². The first-order chi connectivity index (χ1) is 16.3. The fraction of sp³-hybridized carbons (Fsp3) is 0.458. The van der Waals surface area contributed by atoms with Crippen LogP contribution in [0, 0.1) is 11.3 Å². The number of imidazole rings is 1. The van der Waals surface area contributed by atoms with E-state index in [4.69, 9.17) is 4.98 Å². The first-order valence-corrected chi connectivity index (χ1v) is 12.8. The molecule has 0 unspecified atom stereocenters. The van der Waals surface area contributed by atoms with Crippen molar-refractivity contribution in [3.05, 3.63) is 42.5 Å². The number of benzene rings is 2. The fourth-order valence-corrected chi connectivity index (χ4v) is 5.93. The summed E-state index contributed by atoms with van der Waals surface area (Å²) in [5.74, 6) is 0.663. The summed E-state index contributed by atoms with van der Waals surface area (Å²) in [6.07, 6.45) is -1.83. The van der Waals surface area contributed by atoms with Crippen molar-refractivity contribution in [2.75, 3.05) is 12.4 Å². The van der Waals surface area contributed by atoms with E-state index < -0.39 is 16.4 Å². The molecule has 0 spiro atoms. The van der Waals surface area contributed by atoms with Crippen LogP contribution >= 0.6 is 0 Å². The molecule has 2 aromatic carbocycles. The van der Waals surface area contributed by atoms with E-state index in [1.807, 2.05) is 0 Å². The van der Waals surface area contributed by atoms with Gasteiger partial charge in [0.1, 0.15) is 5.75 Å². The third-order valence-electron chi connectivity index (χ3n) is 6.31. The molecule has 1 aromatic heterocycles. The Balaban J connectivity index is 1.76. The molecule has 3 aromatic rings. The highest BCUT2D eigenvalue weighted by Gasteiger charge is 2.35. The second kappa shape index (κ2) is 9.02. The summed E-state index contributed by atoms with van der Waals surface area (Å²) in [5, 5.41) is 3.21. The second-order valence-electron chi connectivity index (χ2n) is 9.93. The van der Waals surface area contributed by atoms with E-state index >= 15 is 0 Å². The summed E-state index contributed by atoms with van der Waals surface area (Å²) in [6.45, 7) is 6.69. The van der Waals surface area contributed by atoms with E-state index in [2.05, 4.69) is 40.1 Å². The van der Waals surface area contributed by atoms with E-state index in [1.165, 1.54) is 37.4 Å². The number of hydrogen-bond acceptors (Lipinski definition) is 5. The van der Waals surface area contributed by atoms with Gasteiger partial charge in [-0.15, -0.1) is 13.2 Å². The molecule has 0 bridgehead atoms. The first-order valence-electron chi connectivity index (χ1n) is 11.3. The Hall–Kier alpha value is -2.79. The molecule has 4 rings (SSSR count). The van der Waals surface area contributed by atoms with Crippen molar-refractivity contribution in [2.24, 2.45) is 11.3 Å². The zero-order valence-electron chi connectivity index (χ0n) is 20.0. The SMILES string of the molecule is CNS(=O)(=O)c1ccc2c(c1)nc(Nc1ccc(OC(F)(F)F)cc1)n2[C@@H]1C[C@H](C)CC(C)(C)C1. The third kappa shape index (κ3) is 5.72. The molecule has 2 atom stereocenters. The molecule has 1 fully saturated rings. The Morgan fingerprint density at radius 1 is 1.11 bits per heavy atom. The number of anilines is 2. The van der Waals surface area contributed by atoms with Gasteiger partial charge in [-0.3, -0.25) is 0 Å². The van der Waals surface area contributed by atoms with E-state index in [0.29, 0.717) is 23.1 Å². The number of sulfonamides is 1. The van der Waals surface area contributed by atoms with Crippen molar-refractivity contribution in [1.82, 2.24) is 14.3 Å². The number of fused-ring (bicyclic) bond motifs is 1. The van der Waals surface area contributed by atoms with Crippen molar-refractivity contribution in [3.8, 4) is 5.75 Å². The average molecular weight is 511 g/mol. The van der Waals surface area contributed by atoms with Gasteiger partial charge in [0.05, 0.1) is 15.9 Å². The van der Waals surface area contributed by atoms with Crippen molar-refractivity contribution in [2.45, 2.75) is 57.3 Å². The minimum atomic E-state index is -4.77. The molecule has 35 heavy (non-hydrogen) atoms. The van der Waals surface area contributed by atoms with Gasteiger partial charge in [-0.05, 0) is 80.1 Å². The lowest BCUT2D eigenvalue weighted by Crippen LogP contribution is -2.29. The molecule has 1 aliphatic rings. The zero-order valence-corrected chi connectivity index (χ0v) is 20.8. The topological polar surface area (TPSA) is 85.2 Å². The summed E-state index contributed by atoms with van der Waals surface area (Å²) in [4.78, 5) is 4.80. The van der Waals surface area contributed by atoms with Gasteiger partial charge in [-0.1, -0.05) is 20.8 Å². The number of aromatic nitrogens is 2. The molecule has 0 amide bonds. The minimum Gasteiger partial charge on any atom is -0.406 e. The van der Waals surface area contributed by atoms with Crippen molar-refractivity contribution >= 4 is 32.7 Å². The van der Waals surface area contributed by atoms with Crippen LogP contribution in [-0.2, 0) is 10.0 Å². The summed E-state index contributed by atoms with van der Waals surface area (Å²) >= 11 is 0. The number of alkyl halides is 3. The van der Waals surface area contributed by atoms with Crippen LogP contribution in [0.3, 0.4) is 0 Å². The zero-order chi connectivity index (χ0) is 25.6. The summed E-state index contributed by atoms with van der Waals surface area (Å²) in [5.41, 5.74) is 1.94. The highest BCUT2D eigenvalue weighted by Crippen LogP contribution is 2.46. The number of nitrogens with zero attached hydrogens (tertiary/aromatic N) is 2. The van der Waals surface area contributed by atoms with Crippen LogP contribution in [0.1, 0.15) is 46.1 Å². The van der Waals surface area contributed by atoms with Crippen LogP contribution in [0.2, 0.25) is 0 Å². The average Bonchev–Trinajstić information content (AvgIpc) is 3.09. The summed E-state index contributed by atoms with van der Waals surface area (Å²) < 4.78 is 70.5. The normalized spacial score (nSPS) is 20.7. The predicted molar refractivity (Wildman–Crippen MR) is 128 cm³/mol. The molecular weight excluding hydrogens is 481 g/mol. The van der Waals surface area contributed by atoms with E-state index in [0.717, 1.165) is 24.8 Å². The van der Waals surface area contributed by atoms with Crippen LogP contribution < -0.4 is 14.8 Å².